The van der Waals surface area contributed by atoms with Crippen LogP contribution in [0, 0.1) is 5.82 Å². The second-order valence-electron chi connectivity index (χ2n) is 5.48. The molecule has 0 saturated carbocycles. The normalized spacial score (nSPS) is 10.8. The number of nitrogens with one attached hydrogen (secondary N) is 1. The standard InChI is InChI=1S/C19H11FN2O3S/c20-13-7-5-11(6-8-13)15-10-26-19(21-15)22-17(23)14-9-12-3-1-2-4-16(12)25-18(14)24/h1-10H,(H,21,22,23). The minimum absolute atomic E-state index is 0.0952. The third kappa shape index (κ3) is 3.12. The van der Waals surface area contributed by atoms with Crippen LogP contribution < -0.4 is 10.9 Å². The van der Waals surface area contributed by atoms with Gasteiger partial charge in [-0.3, -0.25) is 10.1 Å². The Labute approximate surface area is 150 Å². The van der Waals surface area contributed by atoms with Gasteiger partial charge in [0.05, 0.1) is 5.69 Å². The maximum absolute atomic E-state index is 13.0. The van der Waals surface area contributed by atoms with E-state index < -0.39 is 11.5 Å². The molecular formula is C19H11FN2O3S. The van der Waals surface area contributed by atoms with Crippen LogP contribution >= 0.6 is 11.3 Å². The van der Waals surface area contributed by atoms with Crippen LogP contribution in [0.4, 0.5) is 9.52 Å². The van der Waals surface area contributed by atoms with Crippen molar-refractivity contribution in [2.24, 2.45) is 0 Å². The van der Waals surface area contributed by atoms with E-state index in [2.05, 4.69) is 10.3 Å². The lowest BCUT2D eigenvalue weighted by atomic mass is 10.2. The second-order valence-corrected chi connectivity index (χ2v) is 6.34. The van der Waals surface area contributed by atoms with E-state index in [1.807, 2.05) is 0 Å². The van der Waals surface area contributed by atoms with Crippen molar-refractivity contribution in [2.75, 3.05) is 5.32 Å². The number of halogens is 1. The predicted octanol–water partition coefficient (Wildman–Crippen LogP) is 4.31. The number of thiazole rings is 1. The zero-order valence-corrected chi connectivity index (χ0v) is 14.0. The first kappa shape index (κ1) is 16.2. The van der Waals surface area contributed by atoms with Crippen LogP contribution in [-0.4, -0.2) is 10.9 Å². The number of nitrogens with zero attached hydrogens (tertiary/aromatic N) is 1. The molecule has 0 bridgehead atoms. The Morgan fingerprint density at radius 2 is 1.88 bits per heavy atom. The van der Waals surface area contributed by atoms with Crippen molar-refractivity contribution in [1.29, 1.82) is 0 Å². The fourth-order valence-electron chi connectivity index (χ4n) is 2.47. The van der Waals surface area contributed by atoms with Crippen LogP contribution in [0.25, 0.3) is 22.2 Å². The number of benzene rings is 2. The Hall–Kier alpha value is -3.32. The Morgan fingerprint density at radius 3 is 2.69 bits per heavy atom. The third-order valence-electron chi connectivity index (χ3n) is 3.75. The molecule has 0 aliphatic heterocycles. The Balaban J connectivity index is 1.60. The van der Waals surface area contributed by atoms with Gasteiger partial charge in [-0.2, -0.15) is 0 Å². The maximum Gasteiger partial charge on any atom is 0.349 e. The number of hydrogen-bond acceptors (Lipinski definition) is 5. The second kappa shape index (κ2) is 6.53. The number of amides is 1. The zero-order chi connectivity index (χ0) is 18.1. The number of anilines is 1. The number of aromatic nitrogens is 1. The molecule has 1 amide bonds. The van der Waals surface area contributed by atoms with Gasteiger partial charge in [0.2, 0.25) is 0 Å². The molecule has 7 heteroatoms. The van der Waals surface area contributed by atoms with Crippen molar-refractivity contribution in [3.63, 3.8) is 0 Å². The molecular weight excluding hydrogens is 355 g/mol. The Kier molecular flexibility index (Phi) is 4.06. The minimum Gasteiger partial charge on any atom is -0.422 e. The van der Waals surface area contributed by atoms with Crippen LogP contribution in [0.5, 0.6) is 0 Å². The van der Waals surface area contributed by atoms with E-state index in [0.717, 1.165) is 5.56 Å². The molecule has 26 heavy (non-hydrogen) atoms. The number of hydrogen-bond donors (Lipinski definition) is 1. The van der Waals surface area contributed by atoms with Gasteiger partial charge in [-0.15, -0.1) is 11.3 Å². The van der Waals surface area contributed by atoms with Gasteiger partial charge in [0.25, 0.3) is 5.91 Å². The van der Waals surface area contributed by atoms with Gasteiger partial charge in [0.1, 0.15) is 17.0 Å². The third-order valence-corrected chi connectivity index (χ3v) is 4.51. The molecule has 0 atom stereocenters. The number of fused-ring (bicyclic) bond motifs is 1. The van der Waals surface area contributed by atoms with E-state index in [9.17, 15) is 14.0 Å². The highest BCUT2D eigenvalue weighted by atomic mass is 32.1. The summed E-state index contributed by atoms with van der Waals surface area (Å²) >= 11 is 1.21. The number of rotatable bonds is 3. The lowest BCUT2D eigenvalue weighted by molar-refractivity contribution is 0.102. The number of carbonyl (C=O) groups is 1. The molecule has 0 fully saturated rings. The molecule has 0 radical (unpaired) electrons. The van der Waals surface area contributed by atoms with Crippen LogP contribution in [0.15, 0.2) is 69.2 Å². The van der Waals surface area contributed by atoms with Gasteiger partial charge >= 0.3 is 5.63 Å². The largest absolute Gasteiger partial charge is 0.422 e. The van der Waals surface area contributed by atoms with Crippen molar-refractivity contribution < 1.29 is 13.6 Å². The molecule has 2 heterocycles. The zero-order valence-electron chi connectivity index (χ0n) is 13.2. The van der Waals surface area contributed by atoms with Crippen LogP contribution in [-0.2, 0) is 0 Å². The Bertz CT molecular complexity index is 1170. The summed E-state index contributed by atoms with van der Waals surface area (Å²) in [7, 11) is 0. The van der Waals surface area contributed by atoms with Gasteiger partial charge in [0.15, 0.2) is 5.13 Å². The summed E-state index contributed by atoms with van der Waals surface area (Å²) in [6, 6.07) is 14.3. The summed E-state index contributed by atoms with van der Waals surface area (Å²) in [6.07, 6.45) is 0. The van der Waals surface area contributed by atoms with Crippen LogP contribution in [0.1, 0.15) is 10.4 Å². The first-order valence-electron chi connectivity index (χ1n) is 7.66. The molecule has 0 spiro atoms. The van der Waals surface area contributed by atoms with Crippen molar-refractivity contribution in [3.8, 4) is 11.3 Å². The number of carbonyl (C=O) groups excluding carboxylic acids is 1. The molecule has 4 aromatic rings. The van der Waals surface area contributed by atoms with Gasteiger partial charge in [0, 0.05) is 16.3 Å². The summed E-state index contributed by atoms with van der Waals surface area (Å²) in [5.41, 5.74) is 0.949. The highest BCUT2D eigenvalue weighted by molar-refractivity contribution is 7.14. The van der Waals surface area contributed by atoms with Crippen molar-refractivity contribution in [3.05, 3.63) is 81.8 Å². The average molecular weight is 366 g/mol. The molecule has 0 unspecified atom stereocenters. The summed E-state index contributed by atoms with van der Waals surface area (Å²) in [5, 5.41) is 5.33. The van der Waals surface area contributed by atoms with E-state index in [1.54, 1.807) is 41.8 Å². The SMILES string of the molecule is O=C(Nc1nc(-c2ccc(F)cc2)cs1)c1cc2ccccc2oc1=O. The van der Waals surface area contributed by atoms with E-state index >= 15 is 0 Å². The van der Waals surface area contributed by atoms with E-state index in [4.69, 9.17) is 4.42 Å². The molecule has 2 aromatic heterocycles. The first-order valence-corrected chi connectivity index (χ1v) is 8.54. The summed E-state index contributed by atoms with van der Waals surface area (Å²) in [4.78, 5) is 28.8. The molecule has 0 saturated heterocycles. The monoisotopic (exact) mass is 366 g/mol. The van der Waals surface area contributed by atoms with Crippen molar-refractivity contribution in [2.45, 2.75) is 0 Å². The topological polar surface area (TPSA) is 72.2 Å². The molecule has 4 rings (SSSR count). The minimum atomic E-state index is -0.712. The summed E-state index contributed by atoms with van der Waals surface area (Å²) < 4.78 is 18.2. The van der Waals surface area contributed by atoms with Crippen LogP contribution in [0.2, 0.25) is 0 Å². The number of para-hydroxylation sites is 1. The molecule has 1 N–H and O–H groups in total. The highest BCUT2D eigenvalue weighted by Crippen LogP contribution is 2.25. The quantitative estimate of drug-likeness (QED) is 0.549. The van der Waals surface area contributed by atoms with Gasteiger partial charge < -0.3 is 4.42 Å². The maximum atomic E-state index is 13.0. The molecule has 0 aliphatic carbocycles. The Morgan fingerprint density at radius 1 is 1.12 bits per heavy atom. The van der Waals surface area contributed by atoms with Crippen molar-refractivity contribution >= 4 is 33.3 Å². The predicted molar refractivity (Wildman–Crippen MR) is 97.9 cm³/mol. The summed E-state index contributed by atoms with van der Waals surface area (Å²) in [6.45, 7) is 0. The lowest BCUT2D eigenvalue weighted by Gasteiger charge is -2.02. The van der Waals surface area contributed by atoms with Gasteiger partial charge in [-0.05, 0) is 36.4 Å². The fourth-order valence-corrected chi connectivity index (χ4v) is 3.18. The van der Waals surface area contributed by atoms with Gasteiger partial charge in [-0.25, -0.2) is 14.2 Å². The lowest BCUT2D eigenvalue weighted by Crippen LogP contribution is -2.20. The molecule has 2 aromatic carbocycles. The first-order chi connectivity index (χ1) is 12.6. The van der Waals surface area contributed by atoms with Crippen LogP contribution in [0.3, 0.4) is 0 Å². The smallest absolute Gasteiger partial charge is 0.349 e. The molecule has 0 aliphatic rings. The summed E-state index contributed by atoms with van der Waals surface area (Å²) in [5.74, 6) is -0.926. The van der Waals surface area contributed by atoms with E-state index in [1.165, 1.54) is 29.5 Å². The van der Waals surface area contributed by atoms with Gasteiger partial charge in [-0.1, -0.05) is 18.2 Å². The highest BCUT2D eigenvalue weighted by Gasteiger charge is 2.15. The van der Waals surface area contributed by atoms with E-state index in [0.29, 0.717) is 21.8 Å². The molecule has 128 valence electrons. The average Bonchev–Trinajstić information content (AvgIpc) is 3.10. The fraction of sp³-hybridized carbons (Fsp3) is 0. The molecule has 5 nitrogen and oxygen atoms in total. The van der Waals surface area contributed by atoms with E-state index in [-0.39, 0.29) is 11.4 Å². The van der Waals surface area contributed by atoms with Crippen molar-refractivity contribution in [1.82, 2.24) is 4.98 Å².